The summed E-state index contributed by atoms with van der Waals surface area (Å²) >= 11 is 0. The van der Waals surface area contributed by atoms with Crippen molar-refractivity contribution in [3.05, 3.63) is 130 Å². The molecule has 4 N–H and O–H groups in total. The monoisotopic (exact) mass is 764 g/mol. The van der Waals surface area contributed by atoms with Crippen molar-refractivity contribution in [2.45, 2.75) is 60.2 Å². The van der Waals surface area contributed by atoms with Gasteiger partial charge in [0.1, 0.15) is 0 Å². The van der Waals surface area contributed by atoms with E-state index >= 15 is 26.3 Å². The Labute approximate surface area is 284 Å². The maximum atomic E-state index is 16.4. The number of hydrogen-bond acceptors (Lipinski definition) is 2. The van der Waals surface area contributed by atoms with E-state index in [-0.39, 0.29) is 59.6 Å². The SMILES string of the molecule is Nc1ccc(Cc2ccc(C(c3ccc(Cc4ccc(N)cc4)cc3)(C(F)(F)C(F)(F)C(F)(F)F)C(F)(F)C(F)(F)C(F)(F)C(F)(F)F)cc2)cc1. The first-order valence-electron chi connectivity index (χ1n) is 14.6. The summed E-state index contributed by atoms with van der Waals surface area (Å²) < 4.78 is 235. The Hall–Kier alpha value is -4.64. The van der Waals surface area contributed by atoms with Crippen LogP contribution in [-0.4, -0.2) is 42.0 Å². The first-order valence-corrected chi connectivity index (χ1v) is 14.6. The van der Waals surface area contributed by atoms with Crippen LogP contribution in [0.5, 0.6) is 0 Å². The first-order chi connectivity index (χ1) is 23.6. The Balaban J connectivity index is 2.10. The lowest BCUT2D eigenvalue weighted by Crippen LogP contribution is -2.75. The van der Waals surface area contributed by atoms with E-state index in [1.807, 2.05) is 0 Å². The molecule has 0 heterocycles. The van der Waals surface area contributed by atoms with Crippen LogP contribution in [-0.2, 0) is 18.3 Å². The van der Waals surface area contributed by atoms with Crippen molar-refractivity contribution in [1.82, 2.24) is 0 Å². The Morgan fingerprint density at radius 1 is 0.308 bits per heavy atom. The van der Waals surface area contributed by atoms with Crippen molar-refractivity contribution in [2.75, 3.05) is 11.5 Å². The minimum atomic E-state index is -8.10. The van der Waals surface area contributed by atoms with Crippen LogP contribution in [0.2, 0.25) is 0 Å². The topological polar surface area (TPSA) is 52.0 Å². The molecule has 0 aliphatic rings. The lowest BCUT2D eigenvalue weighted by atomic mass is 9.61. The van der Waals surface area contributed by atoms with Gasteiger partial charge in [-0.2, -0.15) is 70.2 Å². The number of rotatable bonds is 11. The average Bonchev–Trinajstić information content (AvgIpc) is 3.03. The molecule has 52 heavy (non-hydrogen) atoms. The molecule has 0 spiro atoms. The zero-order chi connectivity index (χ0) is 39.3. The summed E-state index contributed by atoms with van der Waals surface area (Å²) in [6, 6.07) is 13.0. The molecule has 4 rings (SSSR count). The maximum Gasteiger partial charge on any atom is 0.460 e. The van der Waals surface area contributed by atoms with Crippen molar-refractivity contribution in [2.24, 2.45) is 0 Å². The second-order valence-electron chi connectivity index (χ2n) is 11.8. The van der Waals surface area contributed by atoms with Gasteiger partial charge in [-0.05, 0) is 70.5 Å². The second kappa shape index (κ2) is 13.1. The van der Waals surface area contributed by atoms with Crippen LogP contribution < -0.4 is 11.5 Å². The number of nitrogens with two attached hydrogens (primary N) is 2. The quantitative estimate of drug-likeness (QED) is 0.118. The Morgan fingerprint density at radius 3 is 0.808 bits per heavy atom. The smallest absolute Gasteiger partial charge is 0.399 e. The third kappa shape index (κ3) is 6.37. The molecule has 4 aromatic rings. The number of alkyl halides is 16. The highest BCUT2D eigenvalue weighted by Gasteiger charge is 2.93. The fourth-order valence-corrected chi connectivity index (χ4v) is 5.60. The summed E-state index contributed by atoms with van der Waals surface area (Å²) in [5.74, 6) is -39.2. The molecule has 0 bridgehead atoms. The lowest BCUT2D eigenvalue weighted by Gasteiger charge is -2.51. The van der Waals surface area contributed by atoms with E-state index in [0.717, 1.165) is 0 Å². The van der Waals surface area contributed by atoms with Gasteiger partial charge in [-0.25, -0.2) is 0 Å². The van der Waals surface area contributed by atoms with E-state index in [9.17, 15) is 43.9 Å². The van der Waals surface area contributed by atoms with Gasteiger partial charge in [-0.1, -0.05) is 72.8 Å². The van der Waals surface area contributed by atoms with Gasteiger partial charge >= 0.3 is 42.0 Å². The molecule has 0 atom stereocenters. The van der Waals surface area contributed by atoms with Gasteiger partial charge in [0.2, 0.25) is 0 Å². The highest BCUT2D eigenvalue weighted by atomic mass is 19.4. The zero-order valence-corrected chi connectivity index (χ0v) is 25.9. The maximum absolute atomic E-state index is 16.4. The molecule has 0 aromatic heterocycles. The lowest BCUT2D eigenvalue weighted by molar-refractivity contribution is -0.430. The molecule has 0 unspecified atom stereocenters. The highest BCUT2D eigenvalue weighted by Crippen LogP contribution is 2.68. The van der Waals surface area contributed by atoms with Crippen LogP contribution in [0.3, 0.4) is 0 Å². The third-order valence-electron chi connectivity index (χ3n) is 8.39. The van der Waals surface area contributed by atoms with Crippen molar-refractivity contribution in [3.8, 4) is 0 Å². The summed E-state index contributed by atoms with van der Waals surface area (Å²) in [5.41, 5.74) is 1.31. The van der Waals surface area contributed by atoms with Crippen molar-refractivity contribution < 1.29 is 70.2 Å². The summed E-state index contributed by atoms with van der Waals surface area (Å²) in [5, 5.41) is 0. The van der Waals surface area contributed by atoms with Crippen LogP contribution >= 0.6 is 0 Å². The number of benzene rings is 4. The van der Waals surface area contributed by atoms with Crippen LogP contribution in [0.1, 0.15) is 33.4 Å². The van der Waals surface area contributed by atoms with Gasteiger partial charge in [0.05, 0.1) is 0 Å². The Morgan fingerprint density at radius 2 is 0.538 bits per heavy atom. The molecular formula is C34H24F16N2. The van der Waals surface area contributed by atoms with E-state index in [4.69, 9.17) is 11.5 Å². The molecule has 0 fully saturated rings. The van der Waals surface area contributed by atoms with Crippen molar-refractivity contribution in [1.29, 1.82) is 0 Å². The molecule has 0 amide bonds. The van der Waals surface area contributed by atoms with Crippen LogP contribution in [0.15, 0.2) is 97.1 Å². The van der Waals surface area contributed by atoms with Crippen LogP contribution in [0.25, 0.3) is 0 Å². The van der Waals surface area contributed by atoms with E-state index < -0.39 is 58.5 Å². The second-order valence-corrected chi connectivity index (χ2v) is 11.8. The van der Waals surface area contributed by atoms with Gasteiger partial charge in [-0.3, -0.25) is 0 Å². The van der Waals surface area contributed by atoms with E-state index in [0.29, 0.717) is 35.4 Å². The highest BCUT2D eigenvalue weighted by molar-refractivity contribution is 5.51. The van der Waals surface area contributed by atoms with Crippen LogP contribution in [0, 0.1) is 0 Å². The Bertz CT molecular complexity index is 1740. The van der Waals surface area contributed by atoms with Crippen LogP contribution in [0.4, 0.5) is 81.6 Å². The van der Waals surface area contributed by atoms with E-state index in [1.54, 1.807) is 0 Å². The number of nitrogen functional groups attached to an aromatic ring is 2. The van der Waals surface area contributed by atoms with E-state index in [1.165, 1.54) is 48.5 Å². The van der Waals surface area contributed by atoms with E-state index in [2.05, 4.69) is 0 Å². The van der Waals surface area contributed by atoms with Gasteiger partial charge in [0.25, 0.3) is 0 Å². The summed E-state index contributed by atoms with van der Waals surface area (Å²) in [7, 11) is 0. The third-order valence-corrected chi connectivity index (χ3v) is 8.39. The predicted molar refractivity (Wildman–Crippen MR) is 158 cm³/mol. The molecule has 0 aliphatic carbocycles. The fraction of sp³-hybridized carbons (Fsp3) is 0.294. The largest absolute Gasteiger partial charge is 0.460 e. The first kappa shape index (κ1) is 40.1. The average molecular weight is 765 g/mol. The summed E-state index contributed by atoms with van der Waals surface area (Å²) in [6.45, 7) is 0. The van der Waals surface area contributed by atoms with Crippen molar-refractivity contribution in [3.63, 3.8) is 0 Å². The summed E-state index contributed by atoms with van der Waals surface area (Å²) in [4.78, 5) is 0. The molecule has 0 saturated heterocycles. The molecule has 282 valence electrons. The molecule has 0 aliphatic heterocycles. The summed E-state index contributed by atoms with van der Waals surface area (Å²) in [6.07, 6.45) is -15.7. The minimum absolute atomic E-state index is 0.0506. The Kier molecular flexibility index (Phi) is 10.1. The zero-order valence-electron chi connectivity index (χ0n) is 25.9. The normalized spacial score (nSPS) is 14.1. The number of hydrogen-bond donors (Lipinski definition) is 2. The van der Waals surface area contributed by atoms with Gasteiger partial charge in [0, 0.05) is 11.4 Å². The van der Waals surface area contributed by atoms with Gasteiger partial charge in [0.15, 0.2) is 5.41 Å². The fourth-order valence-electron chi connectivity index (χ4n) is 5.60. The number of halogens is 16. The molecule has 4 aromatic carbocycles. The standard InChI is InChI=1S/C34H24F16N2/c35-28(36,30(39,40)32(43,44)34(48,49)50)27(29(37,38)31(41,42)33(45,46)47,23-9-1-19(2-10-23)17-21-5-13-25(51)14-6-21)24-11-3-20(4-12-24)18-22-7-15-26(52)16-8-22/h1-16H,17-18,51-52H2. The molecule has 0 radical (unpaired) electrons. The molecular weight excluding hydrogens is 740 g/mol. The van der Waals surface area contributed by atoms with Gasteiger partial charge in [-0.15, -0.1) is 0 Å². The van der Waals surface area contributed by atoms with Gasteiger partial charge < -0.3 is 11.5 Å². The minimum Gasteiger partial charge on any atom is -0.399 e. The molecule has 18 heteroatoms. The predicted octanol–water partition coefficient (Wildman–Crippen LogP) is 10.6. The molecule has 2 nitrogen and oxygen atoms in total. The molecule has 0 saturated carbocycles. The van der Waals surface area contributed by atoms with Crippen molar-refractivity contribution >= 4 is 11.4 Å². The number of anilines is 2.